The fourth-order valence-electron chi connectivity index (χ4n) is 4.08. The molecule has 0 saturated carbocycles. The van der Waals surface area contributed by atoms with Gasteiger partial charge in [-0.3, -0.25) is 4.79 Å². The first kappa shape index (κ1) is 24.6. The third-order valence-electron chi connectivity index (χ3n) is 5.85. The molecule has 0 fully saturated rings. The van der Waals surface area contributed by atoms with E-state index in [0.717, 1.165) is 17.7 Å². The average Bonchev–Trinajstić information content (AvgIpc) is 3.33. The van der Waals surface area contributed by atoms with Crippen LogP contribution in [-0.4, -0.2) is 47.5 Å². The van der Waals surface area contributed by atoms with E-state index in [2.05, 4.69) is 0 Å². The lowest BCUT2D eigenvalue weighted by molar-refractivity contribution is -0.137. The second kappa shape index (κ2) is 10.00. The van der Waals surface area contributed by atoms with Gasteiger partial charge in [0, 0.05) is 38.3 Å². The molecule has 2 aromatic heterocycles. The number of furan rings is 1. The maximum Gasteiger partial charge on any atom is 0.416 e. The molecule has 2 heterocycles. The molecule has 2 aromatic carbocycles. The van der Waals surface area contributed by atoms with Crippen LogP contribution in [0, 0.1) is 6.92 Å². The van der Waals surface area contributed by atoms with Gasteiger partial charge in [0.05, 0.1) is 11.1 Å². The van der Waals surface area contributed by atoms with Crippen molar-refractivity contribution in [3.63, 3.8) is 0 Å². The zero-order valence-corrected chi connectivity index (χ0v) is 20.0. The quantitative estimate of drug-likeness (QED) is 0.317. The van der Waals surface area contributed by atoms with Crippen LogP contribution in [0.15, 0.2) is 71.1 Å². The fourth-order valence-corrected chi connectivity index (χ4v) is 4.08. The Morgan fingerprint density at radius 1 is 0.943 bits per heavy atom. The van der Waals surface area contributed by atoms with E-state index in [-0.39, 0.29) is 12.5 Å². The van der Waals surface area contributed by atoms with Crippen LogP contribution < -0.4 is 0 Å². The molecule has 4 rings (SSSR count). The van der Waals surface area contributed by atoms with E-state index in [9.17, 15) is 18.0 Å². The first-order valence-electron chi connectivity index (χ1n) is 11.4. The van der Waals surface area contributed by atoms with Crippen molar-refractivity contribution in [2.24, 2.45) is 0 Å². The van der Waals surface area contributed by atoms with Crippen molar-refractivity contribution in [3.05, 3.63) is 94.9 Å². The zero-order valence-electron chi connectivity index (χ0n) is 20.0. The van der Waals surface area contributed by atoms with Crippen molar-refractivity contribution in [2.45, 2.75) is 26.2 Å². The number of hydrogen-bond donors (Lipinski definition) is 0. The molecule has 0 aliphatic carbocycles. The van der Waals surface area contributed by atoms with Gasteiger partial charge in [-0.1, -0.05) is 42.5 Å². The Labute approximate surface area is 202 Å². The van der Waals surface area contributed by atoms with Crippen LogP contribution >= 0.6 is 0 Å². The highest BCUT2D eigenvalue weighted by Crippen LogP contribution is 2.31. The average molecular weight is 484 g/mol. The third-order valence-corrected chi connectivity index (χ3v) is 5.85. The second-order valence-electron chi connectivity index (χ2n) is 8.94. The Balaban J connectivity index is 1.72. The molecule has 0 aliphatic rings. The van der Waals surface area contributed by atoms with Crippen LogP contribution in [0.4, 0.5) is 13.2 Å². The monoisotopic (exact) mass is 483 g/mol. The van der Waals surface area contributed by atoms with E-state index >= 15 is 0 Å². The lowest BCUT2D eigenvalue weighted by Gasteiger charge is -2.25. The molecule has 1 amide bonds. The molecule has 0 spiro atoms. The maximum atomic E-state index is 13.8. The number of aromatic nitrogens is 1. The fraction of sp³-hybridized carbons (Fsp3) is 0.296. The molecule has 35 heavy (non-hydrogen) atoms. The molecule has 0 bridgehead atoms. The topological polar surface area (TPSA) is 41.6 Å². The number of carbonyl (C=O) groups is 1. The summed E-state index contributed by atoms with van der Waals surface area (Å²) in [4.78, 5) is 17.6. The Morgan fingerprint density at radius 3 is 2.34 bits per heavy atom. The zero-order chi connectivity index (χ0) is 25.2. The molecule has 8 heteroatoms. The summed E-state index contributed by atoms with van der Waals surface area (Å²) in [7, 11) is 3.88. The summed E-state index contributed by atoms with van der Waals surface area (Å²) in [6, 6.07) is 18.4. The molecule has 0 aliphatic heterocycles. The van der Waals surface area contributed by atoms with Crippen molar-refractivity contribution < 1.29 is 22.4 Å². The van der Waals surface area contributed by atoms with Gasteiger partial charge in [0.15, 0.2) is 5.58 Å². The van der Waals surface area contributed by atoms with Crippen LogP contribution in [-0.2, 0) is 19.3 Å². The van der Waals surface area contributed by atoms with E-state index in [1.807, 2.05) is 49.3 Å². The van der Waals surface area contributed by atoms with Gasteiger partial charge in [0.1, 0.15) is 11.5 Å². The van der Waals surface area contributed by atoms with Crippen molar-refractivity contribution >= 4 is 17.0 Å². The van der Waals surface area contributed by atoms with E-state index in [1.54, 1.807) is 34.6 Å². The molecular weight excluding hydrogens is 455 g/mol. The van der Waals surface area contributed by atoms with Gasteiger partial charge >= 0.3 is 6.18 Å². The summed E-state index contributed by atoms with van der Waals surface area (Å²) < 4.78 is 47.4. The van der Waals surface area contributed by atoms with E-state index < -0.39 is 11.7 Å². The normalized spacial score (nSPS) is 12.0. The molecule has 0 unspecified atom stereocenters. The number of alkyl halides is 3. The minimum Gasteiger partial charge on any atom is -0.460 e. The lowest BCUT2D eigenvalue weighted by atomic mass is 10.1. The van der Waals surface area contributed by atoms with Crippen molar-refractivity contribution in [1.29, 1.82) is 0 Å². The Bertz CT molecular complexity index is 1310. The summed E-state index contributed by atoms with van der Waals surface area (Å²) in [5.74, 6) is 0.465. The second-order valence-corrected chi connectivity index (χ2v) is 8.94. The highest BCUT2D eigenvalue weighted by molar-refractivity contribution is 5.97. The third kappa shape index (κ3) is 5.77. The van der Waals surface area contributed by atoms with Crippen LogP contribution in [0.5, 0.6) is 0 Å². The van der Waals surface area contributed by atoms with Crippen molar-refractivity contribution in [1.82, 2.24) is 14.4 Å². The summed E-state index contributed by atoms with van der Waals surface area (Å²) in [5, 5.41) is 0. The Morgan fingerprint density at radius 2 is 1.66 bits per heavy atom. The van der Waals surface area contributed by atoms with Gasteiger partial charge in [0.25, 0.3) is 5.91 Å². The lowest BCUT2D eigenvalue weighted by Crippen LogP contribution is -2.37. The van der Waals surface area contributed by atoms with E-state index in [1.165, 1.54) is 6.07 Å². The number of benzene rings is 2. The first-order chi connectivity index (χ1) is 16.6. The van der Waals surface area contributed by atoms with Crippen LogP contribution in [0.1, 0.15) is 32.9 Å². The maximum absolute atomic E-state index is 13.8. The number of fused-ring (bicyclic) bond motifs is 1. The molecule has 0 saturated heterocycles. The molecule has 0 atom stereocenters. The summed E-state index contributed by atoms with van der Waals surface area (Å²) in [6.07, 6.45) is -4.44. The molecule has 0 radical (unpaired) electrons. The number of nitrogens with zero attached hydrogens (tertiary/aromatic N) is 3. The highest BCUT2D eigenvalue weighted by Gasteiger charge is 2.30. The minimum atomic E-state index is -4.44. The predicted octanol–water partition coefficient (Wildman–Crippen LogP) is 5.81. The van der Waals surface area contributed by atoms with Gasteiger partial charge < -0.3 is 18.8 Å². The number of likely N-dealkylation sites (N-methyl/N-ethyl adjacent to an activating group) is 1. The largest absolute Gasteiger partial charge is 0.460 e. The van der Waals surface area contributed by atoms with E-state index in [4.69, 9.17) is 4.42 Å². The van der Waals surface area contributed by atoms with Gasteiger partial charge in [-0.15, -0.1) is 0 Å². The van der Waals surface area contributed by atoms with Crippen molar-refractivity contribution in [2.75, 3.05) is 27.2 Å². The van der Waals surface area contributed by atoms with Crippen molar-refractivity contribution in [3.8, 4) is 0 Å². The number of carbonyl (C=O) groups excluding carboxylic acids is 1. The summed E-state index contributed by atoms with van der Waals surface area (Å²) in [6.45, 7) is 3.50. The first-order valence-corrected chi connectivity index (χ1v) is 11.4. The summed E-state index contributed by atoms with van der Waals surface area (Å²) >= 11 is 0. The molecule has 184 valence electrons. The number of halogens is 3. The van der Waals surface area contributed by atoms with Crippen LogP contribution in [0.3, 0.4) is 0 Å². The van der Waals surface area contributed by atoms with E-state index in [0.29, 0.717) is 47.8 Å². The molecular formula is C27H28F3N3O2. The SMILES string of the molecule is Cc1cc2c(cc(C(=O)N(CCN(C)C)Cc3ccccc3)n2Cc2cccc(C(F)(F)F)c2)o1. The minimum absolute atomic E-state index is 0.111. The summed E-state index contributed by atoms with van der Waals surface area (Å²) in [5.41, 5.74) is 2.32. The standard InChI is InChI=1S/C27H28F3N3O2/c1-19-14-23-25(35-19)16-24(33(23)18-21-10-7-11-22(15-21)27(28,29)30)26(34)32(13-12-31(2)3)17-20-8-5-4-6-9-20/h4-11,14-16H,12-13,17-18H2,1-3H3. The number of rotatable bonds is 8. The molecule has 0 N–H and O–H groups in total. The van der Waals surface area contributed by atoms with Gasteiger partial charge in [-0.05, 0) is 44.3 Å². The van der Waals surface area contributed by atoms with Crippen LogP contribution in [0.2, 0.25) is 0 Å². The molecule has 4 aromatic rings. The number of amides is 1. The smallest absolute Gasteiger partial charge is 0.416 e. The number of hydrogen-bond acceptors (Lipinski definition) is 3. The Kier molecular flexibility index (Phi) is 7.03. The van der Waals surface area contributed by atoms with Gasteiger partial charge in [-0.25, -0.2) is 0 Å². The molecule has 5 nitrogen and oxygen atoms in total. The van der Waals surface area contributed by atoms with Crippen LogP contribution in [0.25, 0.3) is 11.1 Å². The predicted molar refractivity (Wildman–Crippen MR) is 129 cm³/mol. The van der Waals surface area contributed by atoms with Gasteiger partial charge in [-0.2, -0.15) is 13.2 Å². The highest BCUT2D eigenvalue weighted by atomic mass is 19.4. The van der Waals surface area contributed by atoms with Gasteiger partial charge in [0.2, 0.25) is 0 Å². The number of aryl methyl sites for hydroxylation is 1. The Hall–Kier alpha value is -3.52.